The summed E-state index contributed by atoms with van der Waals surface area (Å²) < 4.78 is 17.9. The third-order valence-corrected chi connectivity index (χ3v) is 8.57. The second-order valence-corrected chi connectivity index (χ2v) is 11.4. The predicted molar refractivity (Wildman–Crippen MR) is 162 cm³/mol. The fourth-order valence-electron chi connectivity index (χ4n) is 6.30. The second-order valence-electron chi connectivity index (χ2n) is 11.4. The molecule has 3 aromatic rings. The summed E-state index contributed by atoms with van der Waals surface area (Å²) in [5.41, 5.74) is 3.24. The minimum Gasteiger partial charge on any atom is -0.507 e. The molecule has 1 atom stereocenters. The van der Waals surface area contributed by atoms with Crippen LogP contribution in [0.2, 0.25) is 0 Å². The molecule has 1 saturated heterocycles. The Morgan fingerprint density at radius 2 is 1.81 bits per heavy atom. The molecule has 0 saturated carbocycles. The Morgan fingerprint density at radius 1 is 1.00 bits per heavy atom. The number of hydrogen-bond donors (Lipinski definition) is 2. The molecule has 0 aromatic heterocycles. The SMILES string of the molecule is COc1ccc2cc1OCCCNC(=O)c1cc(ccc1O)Oc1ccc3c(c1)CCN(C(=O)CCN1CCCCC1)C23. The monoisotopic (exact) mass is 585 g/mol. The van der Waals surface area contributed by atoms with Gasteiger partial charge in [-0.05, 0) is 97.9 Å². The molecule has 2 N–H and O–H groups in total. The maximum Gasteiger partial charge on any atom is 0.255 e. The Balaban J connectivity index is 1.37. The lowest BCUT2D eigenvalue weighted by atomic mass is 9.87. The van der Waals surface area contributed by atoms with Gasteiger partial charge in [0.1, 0.15) is 17.2 Å². The molecule has 0 aliphatic carbocycles. The van der Waals surface area contributed by atoms with Crippen molar-refractivity contribution in [2.45, 2.75) is 44.6 Å². The van der Waals surface area contributed by atoms with Crippen molar-refractivity contribution in [1.29, 1.82) is 0 Å². The van der Waals surface area contributed by atoms with E-state index in [0.717, 1.165) is 36.3 Å². The molecule has 2 amide bonds. The molecule has 43 heavy (non-hydrogen) atoms. The van der Waals surface area contributed by atoms with Crippen LogP contribution in [0.3, 0.4) is 0 Å². The first-order chi connectivity index (χ1) is 21.0. The average molecular weight is 586 g/mol. The van der Waals surface area contributed by atoms with Gasteiger partial charge < -0.3 is 34.4 Å². The normalized spacial score (nSPS) is 19.0. The van der Waals surface area contributed by atoms with E-state index in [2.05, 4.69) is 10.2 Å². The Labute approximate surface area is 252 Å². The van der Waals surface area contributed by atoms with E-state index in [4.69, 9.17) is 14.2 Å². The number of likely N-dealkylation sites (tertiary alicyclic amines) is 1. The molecule has 226 valence electrons. The van der Waals surface area contributed by atoms with E-state index < -0.39 is 0 Å². The van der Waals surface area contributed by atoms with Crippen LogP contribution < -0.4 is 19.5 Å². The van der Waals surface area contributed by atoms with Gasteiger partial charge in [0.25, 0.3) is 5.91 Å². The number of phenolic OH excluding ortho intramolecular Hbond substituents is 1. The molecular formula is C34H39N3O6. The van der Waals surface area contributed by atoms with E-state index in [0.29, 0.717) is 62.0 Å². The number of hydrogen-bond acceptors (Lipinski definition) is 7. The Kier molecular flexibility index (Phi) is 8.69. The fourth-order valence-corrected chi connectivity index (χ4v) is 6.30. The van der Waals surface area contributed by atoms with Gasteiger partial charge in [0.2, 0.25) is 5.91 Å². The topological polar surface area (TPSA) is 101 Å². The second kappa shape index (κ2) is 13.0. The summed E-state index contributed by atoms with van der Waals surface area (Å²) in [6.07, 6.45) is 5.40. The number of carbonyl (C=O) groups excluding carboxylic acids is 2. The van der Waals surface area contributed by atoms with E-state index in [1.165, 1.54) is 25.3 Å². The summed E-state index contributed by atoms with van der Waals surface area (Å²) in [7, 11) is 1.61. The number of ether oxygens (including phenoxy) is 3. The van der Waals surface area contributed by atoms with Gasteiger partial charge in [-0.3, -0.25) is 9.59 Å². The summed E-state index contributed by atoms with van der Waals surface area (Å²) in [5, 5.41) is 13.2. The Morgan fingerprint density at radius 3 is 2.65 bits per heavy atom. The number of nitrogens with zero attached hydrogens (tertiary/aromatic N) is 2. The number of amides is 2. The minimum absolute atomic E-state index is 0.115. The maximum atomic E-state index is 13.8. The molecule has 1 unspecified atom stereocenters. The number of nitrogens with one attached hydrogen (secondary N) is 1. The van der Waals surface area contributed by atoms with Crippen molar-refractivity contribution >= 4 is 11.8 Å². The fraction of sp³-hybridized carbons (Fsp3) is 0.412. The molecule has 9 heteroatoms. The van der Waals surface area contributed by atoms with Gasteiger partial charge in [0, 0.05) is 26.1 Å². The van der Waals surface area contributed by atoms with E-state index in [1.54, 1.807) is 19.2 Å². The number of benzene rings is 3. The van der Waals surface area contributed by atoms with Crippen molar-refractivity contribution in [3.8, 4) is 28.7 Å². The van der Waals surface area contributed by atoms with Crippen molar-refractivity contribution in [2.75, 3.05) is 46.4 Å². The predicted octanol–water partition coefficient (Wildman–Crippen LogP) is 5.06. The highest BCUT2D eigenvalue weighted by Gasteiger charge is 2.33. The molecule has 4 heterocycles. The first kappa shape index (κ1) is 28.9. The van der Waals surface area contributed by atoms with E-state index in [9.17, 15) is 14.7 Å². The summed E-state index contributed by atoms with van der Waals surface area (Å²) in [4.78, 5) is 31.0. The molecule has 3 aromatic carbocycles. The van der Waals surface area contributed by atoms with Gasteiger partial charge in [-0.2, -0.15) is 0 Å². The van der Waals surface area contributed by atoms with Gasteiger partial charge in [0.05, 0.1) is 25.3 Å². The van der Waals surface area contributed by atoms with Gasteiger partial charge >= 0.3 is 0 Å². The van der Waals surface area contributed by atoms with Crippen LogP contribution in [0, 0.1) is 0 Å². The first-order valence-electron chi connectivity index (χ1n) is 15.2. The number of phenols is 1. The van der Waals surface area contributed by atoms with Crippen LogP contribution in [0.5, 0.6) is 28.7 Å². The highest BCUT2D eigenvalue weighted by molar-refractivity contribution is 5.97. The Bertz CT molecular complexity index is 1480. The van der Waals surface area contributed by atoms with Crippen LogP contribution in [0.25, 0.3) is 0 Å². The van der Waals surface area contributed by atoms with Crippen molar-refractivity contribution in [1.82, 2.24) is 15.1 Å². The third-order valence-electron chi connectivity index (χ3n) is 8.57. The number of rotatable bonds is 4. The maximum absolute atomic E-state index is 13.8. The average Bonchev–Trinajstić information content (AvgIpc) is 3.03. The summed E-state index contributed by atoms with van der Waals surface area (Å²) in [6.45, 7) is 4.20. The lowest BCUT2D eigenvalue weighted by Crippen LogP contribution is -2.42. The highest BCUT2D eigenvalue weighted by Crippen LogP contribution is 2.41. The van der Waals surface area contributed by atoms with Crippen LogP contribution in [0.15, 0.2) is 54.6 Å². The molecule has 4 aliphatic rings. The van der Waals surface area contributed by atoms with Crippen LogP contribution in [-0.4, -0.2) is 73.2 Å². The number of methoxy groups -OCH3 is 1. The van der Waals surface area contributed by atoms with E-state index in [-0.39, 0.29) is 29.2 Å². The number of carbonyl (C=O) groups is 2. The minimum atomic E-state index is -0.387. The molecule has 0 spiro atoms. The van der Waals surface area contributed by atoms with Gasteiger partial charge in [-0.15, -0.1) is 0 Å². The smallest absolute Gasteiger partial charge is 0.255 e. The molecular weight excluding hydrogens is 546 g/mol. The third kappa shape index (κ3) is 6.41. The first-order valence-corrected chi connectivity index (χ1v) is 15.2. The zero-order valence-electron chi connectivity index (χ0n) is 24.6. The van der Waals surface area contributed by atoms with E-state index in [1.807, 2.05) is 41.3 Å². The summed E-state index contributed by atoms with van der Waals surface area (Å²) in [5.74, 6) is 1.91. The number of aromatic hydroxyl groups is 1. The quantitative estimate of drug-likeness (QED) is 0.442. The van der Waals surface area contributed by atoms with Crippen molar-refractivity contribution in [3.05, 3.63) is 76.9 Å². The van der Waals surface area contributed by atoms with Crippen LogP contribution in [0.1, 0.15) is 65.2 Å². The molecule has 7 rings (SSSR count). The Hall–Kier alpha value is -4.24. The lowest BCUT2D eigenvalue weighted by Gasteiger charge is -2.38. The molecule has 8 bridgehead atoms. The summed E-state index contributed by atoms with van der Waals surface area (Å²) >= 11 is 0. The zero-order chi connectivity index (χ0) is 29.8. The molecule has 9 nitrogen and oxygen atoms in total. The zero-order valence-corrected chi connectivity index (χ0v) is 24.6. The number of piperidine rings is 1. The van der Waals surface area contributed by atoms with Crippen LogP contribution >= 0.6 is 0 Å². The van der Waals surface area contributed by atoms with Crippen LogP contribution in [0.4, 0.5) is 0 Å². The van der Waals surface area contributed by atoms with Crippen LogP contribution in [-0.2, 0) is 11.2 Å². The lowest BCUT2D eigenvalue weighted by molar-refractivity contribution is -0.133. The largest absolute Gasteiger partial charge is 0.507 e. The van der Waals surface area contributed by atoms with Crippen molar-refractivity contribution in [2.24, 2.45) is 0 Å². The van der Waals surface area contributed by atoms with Crippen molar-refractivity contribution < 1.29 is 28.9 Å². The highest BCUT2D eigenvalue weighted by atomic mass is 16.5. The van der Waals surface area contributed by atoms with Gasteiger partial charge in [-0.1, -0.05) is 18.6 Å². The number of fused-ring (bicyclic) bond motifs is 6. The van der Waals surface area contributed by atoms with Gasteiger partial charge in [-0.25, -0.2) is 0 Å². The molecule has 1 fully saturated rings. The van der Waals surface area contributed by atoms with E-state index >= 15 is 0 Å². The van der Waals surface area contributed by atoms with Gasteiger partial charge in [0.15, 0.2) is 11.5 Å². The van der Waals surface area contributed by atoms with Crippen molar-refractivity contribution in [3.63, 3.8) is 0 Å². The molecule has 0 radical (unpaired) electrons. The molecule has 4 aliphatic heterocycles. The summed E-state index contributed by atoms with van der Waals surface area (Å²) in [6, 6.07) is 16.2. The standard InChI is InChI=1S/C34H39N3O6/c1-41-30-11-6-24-21-31(30)42-19-5-14-35-34(40)28-22-26(8-10-29(28)38)43-25-7-9-27-23(20-25)12-18-37(33(24)27)32(39)13-17-36-15-3-2-4-16-36/h6-11,20-22,33,38H,2-5,12-19H2,1H3,(H,35,40).